The maximum Gasteiger partial charge on any atom is 0.255 e. The Morgan fingerprint density at radius 1 is 0.767 bits per heavy atom. The minimum absolute atomic E-state index is 0.179. The van der Waals surface area contributed by atoms with Crippen molar-refractivity contribution in [1.82, 2.24) is 10.3 Å². The molecule has 1 heterocycles. The van der Waals surface area contributed by atoms with Crippen LogP contribution in [0.2, 0.25) is 0 Å². The summed E-state index contributed by atoms with van der Waals surface area (Å²) in [6, 6.07) is 25.3. The van der Waals surface area contributed by atoms with E-state index in [1.165, 1.54) is 0 Å². The normalized spacial score (nSPS) is 10.4. The molecule has 30 heavy (non-hydrogen) atoms. The first kappa shape index (κ1) is 19.1. The van der Waals surface area contributed by atoms with Crippen LogP contribution < -0.4 is 10.6 Å². The van der Waals surface area contributed by atoms with Gasteiger partial charge in [0.05, 0.1) is 12.7 Å². The van der Waals surface area contributed by atoms with E-state index in [0.717, 1.165) is 5.56 Å². The number of carbonyl (C=O) groups excluding carboxylic acids is 2. The van der Waals surface area contributed by atoms with Gasteiger partial charge in [0.25, 0.3) is 11.8 Å². The Bertz CT molecular complexity index is 1140. The smallest absolute Gasteiger partial charge is 0.255 e. The Labute approximate surface area is 173 Å². The lowest BCUT2D eigenvalue weighted by Gasteiger charge is -2.07. The van der Waals surface area contributed by atoms with Crippen LogP contribution in [0.3, 0.4) is 0 Å². The van der Waals surface area contributed by atoms with Gasteiger partial charge in [-0.25, -0.2) is 4.98 Å². The van der Waals surface area contributed by atoms with Gasteiger partial charge in [-0.1, -0.05) is 48.5 Å². The van der Waals surface area contributed by atoms with Crippen LogP contribution in [0.15, 0.2) is 95.5 Å². The number of rotatable bonds is 6. The summed E-state index contributed by atoms with van der Waals surface area (Å²) in [7, 11) is 0. The number of nitrogens with one attached hydrogen (secondary N) is 2. The van der Waals surface area contributed by atoms with E-state index >= 15 is 0 Å². The highest BCUT2D eigenvalue weighted by Crippen LogP contribution is 2.19. The number of amides is 2. The minimum atomic E-state index is -0.254. The number of benzene rings is 3. The zero-order chi connectivity index (χ0) is 20.8. The molecule has 0 saturated carbocycles. The van der Waals surface area contributed by atoms with Gasteiger partial charge in [0.2, 0.25) is 5.89 Å². The van der Waals surface area contributed by atoms with Gasteiger partial charge in [0.1, 0.15) is 0 Å². The van der Waals surface area contributed by atoms with Gasteiger partial charge in [-0.3, -0.25) is 9.59 Å². The van der Waals surface area contributed by atoms with Gasteiger partial charge in [0.15, 0.2) is 5.76 Å². The number of hydrogen-bond donors (Lipinski definition) is 2. The first-order valence-corrected chi connectivity index (χ1v) is 9.44. The Morgan fingerprint density at radius 2 is 1.40 bits per heavy atom. The van der Waals surface area contributed by atoms with E-state index in [2.05, 4.69) is 15.6 Å². The summed E-state index contributed by atoms with van der Waals surface area (Å²) in [5.41, 5.74) is 2.58. The van der Waals surface area contributed by atoms with Gasteiger partial charge < -0.3 is 15.1 Å². The molecule has 0 aliphatic carbocycles. The Kier molecular flexibility index (Phi) is 5.66. The Balaban J connectivity index is 1.33. The third-order valence-corrected chi connectivity index (χ3v) is 4.45. The van der Waals surface area contributed by atoms with E-state index in [0.29, 0.717) is 28.5 Å². The van der Waals surface area contributed by atoms with Crippen LogP contribution in [0.1, 0.15) is 26.6 Å². The average Bonchev–Trinajstić information content (AvgIpc) is 3.28. The molecule has 4 aromatic rings. The predicted octanol–water partition coefficient (Wildman–Crippen LogP) is 4.52. The van der Waals surface area contributed by atoms with E-state index in [4.69, 9.17) is 4.42 Å². The Morgan fingerprint density at radius 3 is 2.10 bits per heavy atom. The Hall–Kier alpha value is -4.19. The molecule has 2 N–H and O–H groups in total. The molecule has 0 aliphatic heterocycles. The highest BCUT2D eigenvalue weighted by molar-refractivity contribution is 6.04. The van der Waals surface area contributed by atoms with Gasteiger partial charge in [-0.15, -0.1) is 0 Å². The molecule has 148 valence electrons. The van der Waals surface area contributed by atoms with Crippen molar-refractivity contribution in [2.75, 3.05) is 5.32 Å². The van der Waals surface area contributed by atoms with E-state index in [1.807, 2.05) is 36.4 Å². The molecule has 0 unspecified atom stereocenters. The number of aromatic nitrogens is 1. The molecule has 0 spiro atoms. The second-order valence-electron chi connectivity index (χ2n) is 6.56. The molecule has 0 saturated heterocycles. The second-order valence-corrected chi connectivity index (χ2v) is 6.56. The lowest BCUT2D eigenvalue weighted by molar-refractivity contribution is 0.0947. The summed E-state index contributed by atoms with van der Waals surface area (Å²) in [6.07, 6.45) is 1.64. The standard InChI is InChI=1S/C24H19N3O3/c28-23(26-16-22-25-15-21(30-22)17-7-3-1-4-8-17)19-11-13-20(14-12-19)27-24(29)18-9-5-2-6-10-18/h1-15H,16H2,(H,26,28)(H,27,29). The van der Waals surface area contributed by atoms with Crippen molar-refractivity contribution in [2.45, 2.75) is 6.54 Å². The monoisotopic (exact) mass is 397 g/mol. The average molecular weight is 397 g/mol. The van der Waals surface area contributed by atoms with E-state index in [9.17, 15) is 9.59 Å². The maximum atomic E-state index is 12.4. The molecule has 0 fully saturated rings. The molecule has 0 radical (unpaired) electrons. The van der Waals surface area contributed by atoms with Gasteiger partial charge >= 0.3 is 0 Å². The highest BCUT2D eigenvalue weighted by atomic mass is 16.4. The maximum absolute atomic E-state index is 12.4. The highest BCUT2D eigenvalue weighted by Gasteiger charge is 2.10. The van der Waals surface area contributed by atoms with Crippen molar-refractivity contribution in [3.63, 3.8) is 0 Å². The number of nitrogens with zero attached hydrogens (tertiary/aromatic N) is 1. The van der Waals surface area contributed by atoms with Crippen molar-refractivity contribution in [3.05, 3.63) is 108 Å². The molecule has 4 rings (SSSR count). The van der Waals surface area contributed by atoms with Gasteiger partial charge in [-0.05, 0) is 36.4 Å². The summed E-state index contributed by atoms with van der Waals surface area (Å²) < 4.78 is 5.69. The first-order chi connectivity index (χ1) is 14.7. The van der Waals surface area contributed by atoms with Crippen molar-refractivity contribution in [3.8, 4) is 11.3 Å². The molecule has 2 amide bonds. The summed E-state index contributed by atoms with van der Waals surface area (Å²) in [4.78, 5) is 28.8. The predicted molar refractivity (Wildman–Crippen MR) is 114 cm³/mol. The molecular formula is C24H19N3O3. The van der Waals surface area contributed by atoms with Crippen LogP contribution in [-0.4, -0.2) is 16.8 Å². The third kappa shape index (κ3) is 4.62. The molecule has 0 bridgehead atoms. The lowest BCUT2D eigenvalue weighted by Crippen LogP contribution is -2.23. The first-order valence-electron chi connectivity index (χ1n) is 9.44. The second kappa shape index (κ2) is 8.87. The zero-order valence-electron chi connectivity index (χ0n) is 16.0. The van der Waals surface area contributed by atoms with Crippen LogP contribution >= 0.6 is 0 Å². The molecular weight excluding hydrogens is 378 g/mol. The van der Waals surface area contributed by atoms with Crippen LogP contribution in [-0.2, 0) is 6.54 Å². The summed E-state index contributed by atoms with van der Waals surface area (Å²) >= 11 is 0. The number of hydrogen-bond acceptors (Lipinski definition) is 4. The topological polar surface area (TPSA) is 84.2 Å². The summed E-state index contributed by atoms with van der Waals surface area (Å²) in [5.74, 6) is 0.619. The van der Waals surface area contributed by atoms with Gasteiger partial charge in [0, 0.05) is 22.4 Å². The minimum Gasteiger partial charge on any atom is -0.439 e. The zero-order valence-corrected chi connectivity index (χ0v) is 16.0. The van der Waals surface area contributed by atoms with Crippen LogP contribution in [0.5, 0.6) is 0 Å². The van der Waals surface area contributed by atoms with Crippen LogP contribution in [0.25, 0.3) is 11.3 Å². The van der Waals surface area contributed by atoms with E-state index < -0.39 is 0 Å². The van der Waals surface area contributed by atoms with Gasteiger partial charge in [-0.2, -0.15) is 0 Å². The number of carbonyl (C=O) groups is 2. The largest absolute Gasteiger partial charge is 0.439 e. The number of anilines is 1. The SMILES string of the molecule is O=C(NCc1ncc(-c2ccccc2)o1)c1ccc(NC(=O)c2ccccc2)cc1. The van der Waals surface area contributed by atoms with E-state index in [-0.39, 0.29) is 18.4 Å². The summed E-state index contributed by atoms with van der Waals surface area (Å²) in [5, 5.41) is 5.59. The van der Waals surface area contributed by atoms with Crippen molar-refractivity contribution < 1.29 is 14.0 Å². The van der Waals surface area contributed by atoms with Crippen LogP contribution in [0.4, 0.5) is 5.69 Å². The van der Waals surface area contributed by atoms with Crippen LogP contribution in [0, 0.1) is 0 Å². The quantitative estimate of drug-likeness (QED) is 0.501. The fourth-order valence-corrected chi connectivity index (χ4v) is 2.88. The molecule has 6 heteroatoms. The molecule has 1 aromatic heterocycles. The number of oxazole rings is 1. The summed E-state index contributed by atoms with van der Waals surface area (Å²) in [6.45, 7) is 0.179. The lowest BCUT2D eigenvalue weighted by atomic mass is 10.1. The van der Waals surface area contributed by atoms with Crippen molar-refractivity contribution in [1.29, 1.82) is 0 Å². The molecule has 0 atom stereocenters. The van der Waals surface area contributed by atoms with Crippen molar-refractivity contribution in [2.24, 2.45) is 0 Å². The fourth-order valence-electron chi connectivity index (χ4n) is 2.88. The van der Waals surface area contributed by atoms with Crippen molar-refractivity contribution >= 4 is 17.5 Å². The molecule has 0 aliphatic rings. The molecule has 3 aromatic carbocycles. The van der Waals surface area contributed by atoms with E-state index in [1.54, 1.807) is 54.7 Å². The third-order valence-electron chi connectivity index (χ3n) is 4.45. The fraction of sp³-hybridized carbons (Fsp3) is 0.0417. The molecule has 6 nitrogen and oxygen atoms in total.